The van der Waals surface area contributed by atoms with Gasteiger partial charge < -0.3 is 0 Å². The summed E-state index contributed by atoms with van der Waals surface area (Å²) in [4.78, 5) is 0. The smallest absolute Gasteiger partial charge is 0.298 e. The zero-order chi connectivity index (χ0) is 11.0. The van der Waals surface area contributed by atoms with Gasteiger partial charge in [0.25, 0.3) is 0 Å². The zero-order valence-electron chi connectivity index (χ0n) is 8.39. The number of hydrogen-bond acceptors (Lipinski definition) is 0. The zero-order valence-corrected chi connectivity index (χ0v) is 8.39. The highest BCUT2D eigenvalue weighted by Crippen LogP contribution is 2.30. The normalized spacial score (nSPS) is 13.0. The van der Waals surface area contributed by atoms with E-state index in [1.807, 2.05) is 21.1 Å². The molecular weight excluding hydrogens is 191 g/mol. The molecule has 1 rings (SSSR count). The highest BCUT2D eigenvalue weighted by molar-refractivity contribution is 5.43. The van der Waals surface area contributed by atoms with Crippen molar-refractivity contribution in [2.75, 3.05) is 21.1 Å². The van der Waals surface area contributed by atoms with E-state index in [4.69, 9.17) is 0 Å². The largest absolute Gasteiger partial charge is 0.416 e. The Bertz CT molecular complexity index is 273. The highest BCUT2D eigenvalue weighted by Gasteiger charge is 2.30. The molecule has 0 N–H and O–H groups in total. The van der Waals surface area contributed by atoms with E-state index in [0.29, 0.717) is 4.48 Å². The summed E-state index contributed by atoms with van der Waals surface area (Å²) in [6, 6.07) is 5.23. The SMILES string of the molecule is C[N+](C)(C)c1ccc(C(F)(F)F)cc1. The molecule has 4 heteroatoms. The molecule has 0 atom stereocenters. The number of benzene rings is 1. The Morgan fingerprint density at radius 2 is 1.36 bits per heavy atom. The van der Waals surface area contributed by atoms with Crippen LogP contribution in [0.5, 0.6) is 0 Å². The van der Waals surface area contributed by atoms with Crippen molar-refractivity contribution in [2.45, 2.75) is 6.18 Å². The average Bonchev–Trinajstić information content (AvgIpc) is 2.01. The number of halogens is 3. The van der Waals surface area contributed by atoms with Crippen molar-refractivity contribution in [1.82, 2.24) is 4.48 Å². The number of alkyl halides is 3. The van der Waals surface area contributed by atoms with Crippen molar-refractivity contribution in [2.24, 2.45) is 0 Å². The molecule has 0 aromatic heterocycles. The first kappa shape index (κ1) is 11.0. The fourth-order valence-electron chi connectivity index (χ4n) is 1.10. The van der Waals surface area contributed by atoms with Crippen molar-refractivity contribution >= 4 is 5.69 Å². The molecule has 1 aromatic carbocycles. The first-order valence-electron chi connectivity index (χ1n) is 4.20. The minimum atomic E-state index is -4.25. The van der Waals surface area contributed by atoms with E-state index >= 15 is 0 Å². The second-order valence-electron chi connectivity index (χ2n) is 4.06. The van der Waals surface area contributed by atoms with E-state index in [1.54, 1.807) is 0 Å². The molecule has 0 amide bonds. The van der Waals surface area contributed by atoms with E-state index in [1.165, 1.54) is 12.1 Å². The average molecular weight is 204 g/mol. The molecule has 14 heavy (non-hydrogen) atoms. The Morgan fingerprint density at radius 3 is 1.64 bits per heavy atom. The maximum Gasteiger partial charge on any atom is 0.416 e. The van der Waals surface area contributed by atoms with Gasteiger partial charge in [0.15, 0.2) is 0 Å². The monoisotopic (exact) mass is 204 g/mol. The summed E-state index contributed by atoms with van der Waals surface area (Å²) in [5.74, 6) is 0. The van der Waals surface area contributed by atoms with Gasteiger partial charge in [-0.3, -0.25) is 4.48 Å². The van der Waals surface area contributed by atoms with Gasteiger partial charge in [0.2, 0.25) is 0 Å². The maximum atomic E-state index is 12.2. The molecule has 0 unspecified atom stereocenters. The number of nitrogens with zero attached hydrogens (tertiary/aromatic N) is 1. The molecule has 0 aliphatic rings. The Labute approximate surface area is 81.4 Å². The van der Waals surface area contributed by atoms with E-state index in [2.05, 4.69) is 0 Å². The predicted octanol–water partition coefficient (Wildman–Crippen LogP) is 2.90. The summed E-state index contributed by atoms with van der Waals surface area (Å²) in [7, 11) is 5.72. The second kappa shape index (κ2) is 3.28. The van der Waals surface area contributed by atoms with Crippen LogP contribution in [0.1, 0.15) is 5.56 Å². The third-order valence-electron chi connectivity index (χ3n) is 1.97. The molecule has 0 radical (unpaired) electrons. The molecule has 0 saturated carbocycles. The van der Waals surface area contributed by atoms with Gasteiger partial charge >= 0.3 is 6.18 Å². The summed E-state index contributed by atoms with van der Waals surface area (Å²) in [5, 5.41) is 0. The van der Waals surface area contributed by atoms with Gasteiger partial charge in [0.05, 0.1) is 26.7 Å². The van der Waals surface area contributed by atoms with Gasteiger partial charge in [-0.25, -0.2) is 0 Å². The third kappa shape index (κ3) is 2.48. The fourth-order valence-corrected chi connectivity index (χ4v) is 1.10. The Balaban J connectivity index is 3.02. The molecule has 0 bridgehead atoms. The molecular formula is C10H13F3N+. The van der Waals surface area contributed by atoms with Crippen LogP contribution < -0.4 is 4.48 Å². The lowest BCUT2D eigenvalue weighted by Crippen LogP contribution is -2.34. The molecule has 0 heterocycles. The molecule has 0 saturated heterocycles. The maximum absolute atomic E-state index is 12.2. The highest BCUT2D eigenvalue weighted by atomic mass is 19.4. The van der Waals surface area contributed by atoms with Crippen LogP contribution in [0.3, 0.4) is 0 Å². The summed E-state index contributed by atoms with van der Waals surface area (Å²) in [5.41, 5.74) is 0.243. The first-order valence-corrected chi connectivity index (χ1v) is 4.20. The predicted molar refractivity (Wildman–Crippen MR) is 51.0 cm³/mol. The fraction of sp³-hybridized carbons (Fsp3) is 0.400. The van der Waals surface area contributed by atoms with Crippen LogP contribution in [0.2, 0.25) is 0 Å². The molecule has 1 aromatic rings. The minimum Gasteiger partial charge on any atom is -0.298 e. The van der Waals surface area contributed by atoms with Gasteiger partial charge in [0.1, 0.15) is 5.69 Å². The first-order chi connectivity index (χ1) is 6.21. The number of rotatable bonds is 1. The van der Waals surface area contributed by atoms with Crippen LogP contribution in [0.15, 0.2) is 24.3 Å². The van der Waals surface area contributed by atoms with Crippen LogP contribution in [0.25, 0.3) is 0 Å². The lowest BCUT2D eigenvalue weighted by molar-refractivity contribution is -0.137. The molecule has 0 aliphatic heterocycles. The quantitative estimate of drug-likeness (QED) is 0.617. The van der Waals surface area contributed by atoms with Crippen LogP contribution in [0.4, 0.5) is 18.9 Å². The Hall–Kier alpha value is -1.03. The molecule has 0 fully saturated rings. The number of quaternary nitrogens is 1. The lowest BCUT2D eigenvalue weighted by atomic mass is 10.2. The Morgan fingerprint density at radius 1 is 0.929 bits per heavy atom. The van der Waals surface area contributed by atoms with Gasteiger partial charge in [-0.05, 0) is 24.3 Å². The van der Waals surface area contributed by atoms with Crippen LogP contribution >= 0.6 is 0 Å². The van der Waals surface area contributed by atoms with Gasteiger partial charge in [-0.1, -0.05) is 0 Å². The second-order valence-corrected chi connectivity index (χ2v) is 4.06. The summed E-state index contributed by atoms with van der Waals surface area (Å²) < 4.78 is 37.1. The van der Waals surface area contributed by atoms with E-state index in [0.717, 1.165) is 17.8 Å². The van der Waals surface area contributed by atoms with E-state index in [9.17, 15) is 13.2 Å². The molecule has 78 valence electrons. The lowest BCUT2D eigenvalue weighted by Gasteiger charge is -2.23. The topological polar surface area (TPSA) is 0 Å². The van der Waals surface area contributed by atoms with E-state index < -0.39 is 11.7 Å². The van der Waals surface area contributed by atoms with Crippen molar-refractivity contribution in [3.63, 3.8) is 0 Å². The summed E-state index contributed by atoms with van der Waals surface area (Å²) in [6.45, 7) is 0. The van der Waals surface area contributed by atoms with Crippen molar-refractivity contribution in [1.29, 1.82) is 0 Å². The van der Waals surface area contributed by atoms with Gasteiger partial charge in [0, 0.05) is 0 Å². The molecule has 0 spiro atoms. The number of hydrogen-bond donors (Lipinski definition) is 0. The summed E-state index contributed by atoms with van der Waals surface area (Å²) in [6.07, 6.45) is -4.25. The standard InChI is InChI=1S/C10H13F3N/c1-14(2,3)9-6-4-8(5-7-9)10(11,12)13/h4-7H,1-3H3/q+1. The van der Waals surface area contributed by atoms with Crippen LogP contribution in [0, 0.1) is 0 Å². The van der Waals surface area contributed by atoms with Gasteiger partial charge in [-0.2, -0.15) is 13.2 Å². The summed E-state index contributed by atoms with van der Waals surface area (Å²) >= 11 is 0. The van der Waals surface area contributed by atoms with E-state index in [-0.39, 0.29) is 0 Å². The van der Waals surface area contributed by atoms with Crippen molar-refractivity contribution in [3.05, 3.63) is 29.8 Å². The van der Waals surface area contributed by atoms with Crippen molar-refractivity contribution in [3.8, 4) is 0 Å². The van der Waals surface area contributed by atoms with Gasteiger partial charge in [-0.15, -0.1) is 0 Å². The molecule has 0 aliphatic carbocycles. The van der Waals surface area contributed by atoms with Crippen LogP contribution in [-0.4, -0.2) is 21.1 Å². The third-order valence-corrected chi connectivity index (χ3v) is 1.97. The van der Waals surface area contributed by atoms with Crippen molar-refractivity contribution < 1.29 is 13.2 Å². The molecule has 1 nitrogen and oxygen atoms in total. The minimum absolute atomic E-state index is 0.512. The Kier molecular flexibility index (Phi) is 2.58. The van der Waals surface area contributed by atoms with Crippen LogP contribution in [-0.2, 0) is 6.18 Å².